The molecule has 5 rings (SSSR count). The third-order valence-corrected chi connectivity index (χ3v) is 7.04. The minimum Gasteiger partial charge on any atom is -0.494 e. The number of hydrogen-bond donors (Lipinski definition) is 2. The number of ether oxygens (including phenoxy) is 1. The highest BCUT2D eigenvalue weighted by Crippen LogP contribution is 2.25. The number of nitrogens with zero attached hydrogens (tertiary/aromatic N) is 3. The zero-order chi connectivity index (χ0) is 22.6. The molecule has 8 heteroatoms. The second kappa shape index (κ2) is 9.95. The molecule has 2 fully saturated rings. The van der Waals surface area contributed by atoms with Gasteiger partial charge >= 0.3 is 5.69 Å². The predicted octanol–water partition coefficient (Wildman–Crippen LogP) is 3.29. The van der Waals surface area contributed by atoms with E-state index in [1.807, 2.05) is 29.2 Å². The number of amides is 1. The van der Waals surface area contributed by atoms with Crippen molar-refractivity contribution in [2.45, 2.75) is 44.9 Å². The average molecular weight is 452 g/mol. The molecule has 0 bridgehead atoms. The van der Waals surface area contributed by atoms with Crippen LogP contribution >= 0.6 is 0 Å². The summed E-state index contributed by atoms with van der Waals surface area (Å²) in [5, 5.41) is 0.900. The van der Waals surface area contributed by atoms with Gasteiger partial charge in [0.05, 0.1) is 17.6 Å². The lowest BCUT2D eigenvalue weighted by molar-refractivity contribution is -0.133. The van der Waals surface area contributed by atoms with E-state index in [-0.39, 0.29) is 11.6 Å². The van der Waals surface area contributed by atoms with E-state index < -0.39 is 0 Å². The maximum atomic E-state index is 12.6. The maximum Gasteiger partial charge on any atom is 0.325 e. The van der Waals surface area contributed by atoms with E-state index in [2.05, 4.69) is 19.9 Å². The number of piperazine rings is 1. The smallest absolute Gasteiger partial charge is 0.325 e. The Morgan fingerprint density at radius 3 is 2.70 bits per heavy atom. The Kier molecular flexibility index (Phi) is 6.62. The van der Waals surface area contributed by atoms with Crippen LogP contribution in [0, 0.1) is 5.92 Å². The third-order valence-electron chi connectivity index (χ3n) is 7.04. The van der Waals surface area contributed by atoms with Crippen LogP contribution in [0.15, 0.2) is 29.1 Å². The van der Waals surface area contributed by atoms with E-state index in [1.165, 1.54) is 38.6 Å². The number of pyridine rings is 1. The predicted molar refractivity (Wildman–Crippen MR) is 129 cm³/mol. The van der Waals surface area contributed by atoms with Gasteiger partial charge in [0.1, 0.15) is 5.75 Å². The highest BCUT2D eigenvalue weighted by molar-refractivity contribution is 5.90. The summed E-state index contributed by atoms with van der Waals surface area (Å²) >= 11 is 0. The normalized spacial score (nSPS) is 18.2. The molecule has 8 nitrogen and oxygen atoms in total. The van der Waals surface area contributed by atoms with Gasteiger partial charge in [-0.15, -0.1) is 0 Å². The molecule has 0 unspecified atom stereocenters. The Balaban J connectivity index is 1.05. The SMILES string of the molecule is O=C(CCCOc1ccc2nc3[nH]c(=O)[nH]c3cc2c1)N1CCN(CC2CCCCC2)CC1. The molecular weight excluding hydrogens is 418 g/mol. The van der Waals surface area contributed by atoms with Gasteiger partial charge in [0.25, 0.3) is 0 Å². The van der Waals surface area contributed by atoms with Crippen LogP contribution in [0.3, 0.4) is 0 Å². The zero-order valence-electron chi connectivity index (χ0n) is 19.1. The molecule has 1 aliphatic carbocycles. The van der Waals surface area contributed by atoms with Crippen molar-refractivity contribution in [2.24, 2.45) is 5.92 Å². The standard InChI is InChI=1S/C25H33N5O3/c31-23(30-12-10-29(11-13-30)17-18-5-2-1-3-6-18)7-4-14-33-20-8-9-21-19(15-20)16-22-24(26-21)28-25(32)27-22/h8-9,15-16,18H,1-7,10-14,17H2,(H2,26,27,28,32). The molecule has 3 heterocycles. The number of H-pyrrole nitrogens is 2. The maximum absolute atomic E-state index is 12.6. The molecule has 0 atom stereocenters. The van der Waals surface area contributed by atoms with E-state index in [9.17, 15) is 9.59 Å². The van der Waals surface area contributed by atoms with Gasteiger partial charge in [-0.3, -0.25) is 14.7 Å². The minimum atomic E-state index is -0.264. The Labute approximate surface area is 193 Å². The van der Waals surface area contributed by atoms with Gasteiger partial charge in [0.2, 0.25) is 5.91 Å². The summed E-state index contributed by atoms with van der Waals surface area (Å²) < 4.78 is 5.88. The minimum absolute atomic E-state index is 0.234. The van der Waals surface area contributed by atoms with Crippen LogP contribution in [-0.4, -0.2) is 70.0 Å². The first kappa shape index (κ1) is 21.9. The molecule has 0 spiro atoms. The summed E-state index contributed by atoms with van der Waals surface area (Å²) in [7, 11) is 0. The number of hydrogen-bond acceptors (Lipinski definition) is 5. The van der Waals surface area contributed by atoms with Gasteiger partial charge < -0.3 is 14.6 Å². The van der Waals surface area contributed by atoms with Gasteiger partial charge in [-0.1, -0.05) is 19.3 Å². The van der Waals surface area contributed by atoms with Gasteiger partial charge in [0, 0.05) is 44.5 Å². The molecule has 2 aromatic heterocycles. The highest BCUT2D eigenvalue weighted by atomic mass is 16.5. The number of carbonyl (C=O) groups excluding carboxylic acids is 1. The Morgan fingerprint density at radius 2 is 1.88 bits per heavy atom. The molecule has 1 saturated carbocycles. The molecule has 2 aliphatic rings. The number of fused-ring (bicyclic) bond motifs is 2. The van der Waals surface area contributed by atoms with E-state index in [0.29, 0.717) is 30.6 Å². The first-order valence-electron chi connectivity index (χ1n) is 12.3. The molecule has 0 radical (unpaired) electrons. The first-order valence-corrected chi connectivity index (χ1v) is 12.3. The van der Waals surface area contributed by atoms with Crippen LogP contribution in [0.1, 0.15) is 44.9 Å². The largest absolute Gasteiger partial charge is 0.494 e. The fourth-order valence-corrected chi connectivity index (χ4v) is 5.18. The number of nitrogens with one attached hydrogen (secondary N) is 2. The first-order chi connectivity index (χ1) is 16.1. The lowest BCUT2D eigenvalue weighted by atomic mass is 9.89. The Hall–Kier alpha value is -2.87. The number of rotatable bonds is 7. The van der Waals surface area contributed by atoms with Gasteiger partial charge in [0.15, 0.2) is 5.65 Å². The summed E-state index contributed by atoms with van der Waals surface area (Å²) in [6.07, 6.45) is 8.15. The second-order valence-electron chi connectivity index (χ2n) is 9.46. The van der Waals surface area contributed by atoms with Crippen LogP contribution in [0.5, 0.6) is 5.75 Å². The Morgan fingerprint density at radius 1 is 1.06 bits per heavy atom. The van der Waals surface area contributed by atoms with Gasteiger partial charge in [-0.05, 0) is 49.4 Å². The number of aromatic amines is 2. The van der Waals surface area contributed by atoms with Crippen molar-refractivity contribution in [3.63, 3.8) is 0 Å². The molecule has 2 N–H and O–H groups in total. The lowest BCUT2D eigenvalue weighted by Crippen LogP contribution is -2.49. The van der Waals surface area contributed by atoms with Crippen molar-refractivity contribution < 1.29 is 9.53 Å². The number of aromatic nitrogens is 3. The van der Waals surface area contributed by atoms with Crippen molar-refractivity contribution in [1.29, 1.82) is 0 Å². The van der Waals surface area contributed by atoms with Crippen molar-refractivity contribution >= 4 is 28.0 Å². The summed E-state index contributed by atoms with van der Waals surface area (Å²) in [6.45, 7) is 5.41. The molecule has 176 valence electrons. The van der Waals surface area contributed by atoms with Crippen molar-refractivity contribution in [3.8, 4) is 5.75 Å². The summed E-state index contributed by atoms with van der Waals surface area (Å²) in [5.41, 5.74) is 1.76. The third kappa shape index (κ3) is 5.38. The van der Waals surface area contributed by atoms with Crippen LogP contribution in [-0.2, 0) is 4.79 Å². The number of imidazole rings is 1. The zero-order valence-corrected chi connectivity index (χ0v) is 19.1. The molecule has 1 aliphatic heterocycles. The summed E-state index contributed by atoms with van der Waals surface area (Å²) in [6, 6.07) is 7.56. The Bertz CT molecular complexity index is 1160. The fraction of sp³-hybridized carbons (Fsp3) is 0.560. The molecule has 1 saturated heterocycles. The highest BCUT2D eigenvalue weighted by Gasteiger charge is 2.23. The van der Waals surface area contributed by atoms with E-state index in [0.717, 1.165) is 48.7 Å². The van der Waals surface area contributed by atoms with Gasteiger partial charge in [-0.2, -0.15) is 0 Å². The van der Waals surface area contributed by atoms with Crippen LogP contribution < -0.4 is 10.4 Å². The molecule has 3 aromatic rings. The van der Waals surface area contributed by atoms with E-state index in [1.54, 1.807) is 0 Å². The summed E-state index contributed by atoms with van der Waals surface area (Å²) in [4.78, 5) is 38.5. The second-order valence-corrected chi connectivity index (χ2v) is 9.46. The molecular formula is C25H33N5O3. The van der Waals surface area contributed by atoms with Crippen molar-refractivity contribution in [3.05, 3.63) is 34.7 Å². The van der Waals surface area contributed by atoms with E-state index in [4.69, 9.17) is 4.74 Å². The molecule has 1 aromatic carbocycles. The topological polar surface area (TPSA) is 94.3 Å². The quantitative estimate of drug-likeness (QED) is 0.538. The molecule has 33 heavy (non-hydrogen) atoms. The van der Waals surface area contributed by atoms with Crippen molar-refractivity contribution in [2.75, 3.05) is 39.3 Å². The number of benzene rings is 1. The number of carbonyl (C=O) groups is 1. The molecule has 1 amide bonds. The fourth-order valence-electron chi connectivity index (χ4n) is 5.18. The van der Waals surface area contributed by atoms with Crippen LogP contribution in [0.2, 0.25) is 0 Å². The summed E-state index contributed by atoms with van der Waals surface area (Å²) in [5.74, 6) is 1.84. The van der Waals surface area contributed by atoms with Crippen molar-refractivity contribution in [1.82, 2.24) is 24.8 Å². The van der Waals surface area contributed by atoms with E-state index >= 15 is 0 Å². The van der Waals surface area contributed by atoms with Crippen LogP contribution in [0.25, 0.3) is 22.1 Å². The lowest BCUT2D eigenvalue weighted by Gasteiger charge is -2.37. The average Bonchev–Trinajstić information content (AvgIpc) is 3.20. The van der Waals surface area contributed by atoms with Crippen LogP contribution in [0.4, 0.5) is 0 Å². The van der Waals surface area contributed by atoms with Gasteiger partial charge in [-0.25, -0.2) is 9.78 Å². The monoisotopic (exact) mass is 451 g/mol.